The van der Waals surface area contributed by atoms with Gasteiger partial charge in [-0.15, -0.1) is 0 Å². The highest BCUT2D eigenvalue weighted by Gasteiger charge is 2.14. The first kappa shape index (κ1) is 21.6. The van der Waals surface area contributed by atoms with E-state index in [1.807, 2.05) is 32.0 Å². The summed E-state index contributed by atoms with van der Waals surface area (Å²) in [4.78, 5) is 30.2. The van der Waals surface area contributed by atoms with Gasteiger partial charge in [0.05, 0.1) is 22.8 Å². The Bertz CT molecular complexity index is 1050. The van der Waals surface area contributed by atoms with E-state index in [4.69, 9.17) is 16.3 Å². The normalized spacial score (nSPS) is 11.3. The number of carbonyl (C=O) groups excluding carboxylic acids is 1. The highest BCUT2D eigenvalue weighted by molar-refractivity contribution is 7.99. The number of rotatable bonds is 9. The second kappa shape index (κ2) is 10.1. The van der Waals surface area contributed by atoms with Crippen LogP contribution in [0.5, 0.6) is 0 Å². The summed E-state index contributed by atoms with van der Waals surface area (Å²) in [5, 5.41) is 1.54. The summed E-state index contributed by atoms with van der Waals surface area (Å²) >= 11 is 7.34. The van der Waals surface area contributed by atoms with Crippen molar-refractivity contribution in [2.75, 3.05) is 12.4 Å². The molecule has 152 valence electrons. The molecule has 0 N–H and O–H groups in total. The van der Waals surface area contributed by atoms with E-state index in [1.165, 1.54) is 11.8 Å². The average molecular weight is 431 g/mol. The van der Waals surface area contributed by atoms with E-state index in [2.05, 4.69) is 4.98 Å². The predicted molar refractivity (Wildman–Crippen MR) is 118 cm³/mol. The maximum absolute atomic E-state index is 13.0. The topological polar surface area (TPSA) is 61.2 Å². The number of ketones is 1. The van der Waals surface area contributed by atoms with Crippen molar-refractivity contribution < 1.29 is 9.53 Å². The molecule has 0 saturated heterocycles. The number of hydrogen-bond donors (Lipinski definition) is 0. The van der Waals surface area contributed by atoms with Crippen LogP contribution in [0, 0.1) is 0 Å². The molecule has 5 nitrogen and oxygen atoms in total. The third-order valence-corrected chi connectivity index (χ3v) is 5.50. The van der Waals surface area contributed by atoms with Crippen molar-refractivity contribution in [2.24, 2.45) is 0 Å². The fourth-order valence-electron chi connectivity index (χ4n) is 2.86. The minimum Gasteiger partial charge on any atom is -0.379 e. The van der Waals surface area contributed by atoms with Crippen LogP contribution < -0.4 is 5.56 Å². The van der Waals surface area contributed by atoms with E-state index in [0.29, 0.717) is 46.2 Å². The summed E-state index contributed by atoms with van der Waals surface area (Å²) in [6.45, 7) is 4.97. The number of fused-ring (bicyclic) bond motifs is 1. The lowest BCUT2D eigenvalue weighted by Gasteiger charge is -2.14. The molecule has 0 aliphatic rings. The van der Waals surface area contributed by atoms with Crippen molar-refractivity contribution in [3.05, 3.63) is 69.5 Å². The summed E-state index contributed by atoms with van der Waals surface area (Å²) < 4.78 is 7.22. The number of benzene rings is 2. The van der Waals surface area contributed by atoms with Crippen LogP contribution in [-0.4, -0.2) is 33.8 Å². The molecule has 3 aromatic rings. The zero-order valence-electron chi connectivity index (χ0n) is 16.4. The smallest absolute Gasteiger partial charge is 0.262 e. The van der Waals surface area contributed by atoms with Crippen LogP contribution in [0.3, 0.4) is 0 Å². The zero-order chi connectivity index (χ0) is 20.8. The highest BCUT2D eigenvalue weighted by atomic mass is 35.5. The Kier molecular flexibility index (Phi) is 7.47. The summed E-state index contributed by atoms with van der Waals surface area (Å²) in [7, 11) is 0. The third kappa shape index (κ3) is 5.69. The Labute approximate surface area is 179 Å². The van der Waals surface area contributed by atoms with Crippen molar-refractivity contribution in [2.45, 2.75) is 38.1 Å². The molecule has 0 atom stereocenters. The molecule has 0 aliphatic heterocycles. The zero-order valence-corrected chi connectivity index (χ0v) is 18.0. The number of aromatic nitrogens is 2. The molecule has 29 heavy (non-hydrogen) atoms. The molecule has 1 aromatic heterocycles. The van der Waals surface area contributed by atoms with E-state index in [0.717, 1.165) is 0 Å². The number of halogens is 1. The van der Waals surface area contributed by atoms with Gasteiger partial charge in [-0.1, -0.05) is 53.7 Å². The largest absolute Gasteiger partial charge is 0.379 e. The van der Waals surface area contributed by atoms with Crippen molar-refractivity contribution in [1.82, 2.24) is 9.55 Å². The monoisotopic (exact) mass is 430 g/mol. The maximum Gasteiger partial charge on any atom is 0.262 e. The van der Waals surface area contributed by atoms with Gasteiger partial charge in [-0.2, -0.15) is 0 Å². The first-order valence-corrected chi connectivity index (χ1v) is 10.8. The number of hydrogen-bond acceptors (Lipinski definition) is 5. The molecule has 3 rings (SSSR count). The van der Waals surface area contributed by atoms with Crippen molar-refractivity contribution >= 4 is 40.0 Å². The van der Waals surface area contributed by atoms with E-state index in [1.54, 1.807) is 34.9 Å². The number of Topliss-reactive ketones (excluding diaryl/α,β-unsaturated/α-hetero) is 1. The molecule has 0 spiro atoms. The fraction of sp³-hybridized carbons (Fsp3) is 0.318. The van der Waals surface area contributed by atoms with Gasteiger partial charge in [-0.05, 0) is 38.5 Å². The van der Waals surface area contributed by atoms with Crippen LogP contribution in [0.1, 0.15) is 30.6 Å². The van der Waals surface area contributed by atoms with E-state index < -0.39 is 0 Å². The molecule has 0 amide bonds. The highest BCUT2D eigenvalue weighted by Crippen LogP contribution is 2.21. The van der Waals surface area contributed by atoms with Crippen molar-refractivity contribution in [3.63, 3.8) is 0 Å². The first-order chi connectivity index (χ1) is 14.0. The Morgan fingerprint density at radius 3 is 2.69 bits per heavy atom. The molecule has 1 heterocycles. The molecule has 0 aliphatic carbocycles. The molecule has 2 aromatic carbocycles. The number of ether oxygens (including phenoxy) is 1. The summed E-state index contributed by atoms with van der Waals surface area (Å²) in [5.74, 6) is 0.191. The van der Waals surface area contributed by atoms with Crippen LogP contribution in [0.4, 0.5) is 0 Å². The minimum atomic E-state index is -0.133. The SMILES string of the molecule is CC(C)OCCCn1c(SCC(=O)c2ccccc2)nc2cc(Cl)ccc2c1=O. The molecule has 0 saturated carbocycles. The van der Waals surface area contributed by atoms with Gasteiger partial charge in [0.1, 0.15) is 0 Å². The summed E-state index contributed by atoms with van der Waals surface area (Å²) in [5.41, 5.74) is 1.04. The average Bonchev–Trinajstić information content (AvgIpc) is 2.71. The number of carbonyl (C=O) groups is 1. The molecule has 0 radical (unpaired) electrons. The fourth-order valence-corrected chi connectivity index (χ4v) is 3.95. The van der Waals surface area contributed by atoms with Gasteiger partial charge < -0.3 is 4.74 Å². The van der Waals surface area contributed by atoms with E-state index in [-0.39, 0.29) is 23.2 Å². The molecule has 0 unspecified atom stereocenters. The second-order valence-electron chi connectivity index (χ2n) is 6.86. The number of thioether (sulfide) groups is 1. The summed E-state index contributed by atoms with van der Waals surface area (Å²) in [6, 6.07) is 14.2. The van der Waals surface area contributed by atoms with Gasteiger partial charge in [-0.3, -0.25) is 14.2 Å². The quantitative estimate of drug-likeness (QED) is 0.210. The lowest BCUT2D eigenvalue weighted by Crippen LogP contribution is -2.24. The number of nitrogens with zero attached hydrogens (tertiary/aromatic N) is 2. The Morgan fingerprint density at radius 2 is 1.97 bits per heavy atom. The maximum atomic E-state index is 13.0. The van der Waals surface area contributed by atoms with Crippen LogP contribution in [-0.2, 0) is 11.3 Å². The molecule has 0 bridgehead atoms. The Hall–Kier alpha value is -2.15. The van der Waals surface area contributed by atoms with Crippen LogP contribution in [0.25, 0.3) is 10.9 Å². The summed E-state index contributed by atoms with van der Waals surface area (Å²) in [6.07, 6.45) is 0.819. The molecular formula is C22H23ClN2O3S. The lowest BCUT2D eigenvalue weighted by atomic mass is 10.2. The van der Waals surface area contributed by atoms with E-state index >= 15 is 0 Å². The first-order valence-electron chi connectivity index (χ1n) is 9.48. The lowest BCUT2D eigenvalue weighted by molar-refractivity contribution is 0.0743. The third-order valence-electron chi connectivity index (χ3n) is 4.29. The van der Waals surface area contributed by atoms with Crippen LogP contribution in [0.15, 0.2) is 58.5 Å². The standard InChI is InChI=1S/C22H23ClN2O3S/c1-15(2)28-12-6-11-25-21(27)18-10-9-17(23)13-19(18)24-22(25)29-14-20(26)16-7-4-3-5-8-16/h3-5,7-10,13,15H,6,11-12,14H2,1-2H3. The minimum absolute atomic E-state index is 0.00858. The molecule has 0 fully saturated rings. The van der Waals surface area contributed by atoms with Gasteiger partial charge in [0.25, 0.3) is 5.56 Å². The molecular weight excluding hydrogens is 408 g/mol. The van der Waals surface area contributed by atoms with Gasteiger partial charge in [-0.25, -0.2) is 4.98 Å². The second-order valence-corrected chi connectivity index (χ2v) is 8.24. The van der Waals surface area contributed by atoms with Gasteiger partial charge >= 0.3 is 0 Å². The van der Waals surface area contributed by atoms with Gasteiger partial charge in [0, 0.05) is 23.7 Å². The Balaban J connectivity index is 1.87. The van der Waals surface area contributed by atoms with Crippen LogP contribution in [0.2, 0.25) is 5.02 Å². The Morgan fingerprint density at radius 1 is 1.21 bits per heavy atom. The van der Waals surface area contributed by atoms with Crippen LogP contribution >= 0.6 is 23.4 Å². The van der Waals surface area contributed by atoms with Crippen molar-refractivity contribution in [3.8, 4) is 0 Å². The van der Waals surface area contributed by atoms with Gasteiger partial charge in [0.2, 0.25) is 0 Å². The van der Waals surface area contributed by atoms with E-state index in [9.17, 15) is 9.59 Å². The van der Waals surface area contributed by atoms with Crippen molar-refractivity contribution in [1.29, 1.82) is 0 Å². The molecule has 7 heteroatoms. The predicted octanol–water partition coefficient (Wildman–Crippen LogP) is 4.84. The van der Waals surface area contributed by atoms with Gasteiger partial charge in [0.15, 0.2) is 10.9 Å².